The van der Waals surface area contributed by atoms with Crippen LogP contribution in [0.15, 0.2) is 48.5 Å². The largest absolute Gasteiger partial charge is 0.508 e. The summed E-state index contributed by atoms with van der Waals surface area (Å²) in [5.74, 6) is -1.64. The maximum absolute atomic E-state index is 13.1. The summed E-state index contributed by atoms with van der Waals surface area (Å²) >= 11 is 0. The van der Waals surface area contributed by atoms with Gasteiger partial charge in [0, 0.05) is 42.4 Å². The standard InChI is InChI=1S/C33H48N6O7/c1-20(2)22(4)29(41)18-25(6-5-15-36-32(35)44)31(43)37-27-11-7-24(8-12-27)19-46-33(45)39-38-30(42)21(3)16-26(34)17-23-9-13-28(40)14-10-23/h7-14,20-22,25-26,40H,5-6,15-19,34H2,1-4H3,(H,37,43)(H,38,42)(H,39,45)(H3,35,36,44)/t21-,22-,25+,26+/m0/s1. The van der Waals surface area contributed by atoms with E-state index in [-0.39, 0.29) is 48.3 Å². The molecule has 0 aromatic heterocycles. The molecular formula is C33H48N6O7. The second-order valence-corrected chi connectivity index (χ2v) is 12.0. The molecule has 0 radical (unpaired) electrons. The maximum atomic E-state index is 13.1. The van der Waals surface area contributed by atoms with Crippen molar-refractivity contribution in [2.45, 2.75) is 72.4 Å². The van der Waals surface area contributed by atoms with E-state index < -0.39 is 29.9 Å². The molecule has 4 atom stereocenters. The molecule has 2 aromatic rings. The zero-order valence-corrected chi connectivity index (χ0v) is 27.0. The molecule has 0 bridgehead atoms. The van der Waals surface area contributed by atoms with Crippen molar-refractivity contribution in [1.82, 2.24) is 16.2 Å². The average molecular weight is 641 g/mol. The fourth-order valence-corrected chi connectivity index (χ4v) is 4.62. The summed E-state index contributed by atoms with van der Waals surface area (Å²) in [5.41, 5.74) is 17.9. The highest BCUT2D eigenvalue weighted by Gasteiger charge is 2.26. The van der Waals surface area contributed by atoms with E-state index >= 15 is 0 Å². The number of hydrogen-bond acceptors (Lipinski definition) is 8. The number of phenols is 1. The molecule has 13 heteroatoms. The first kappa shape index (κ1) is 37.5. The predicted molar refractivity (Wildman–Crippen MR) is 174 cm³/mol. The number of aromatic hydroxyl groups is 1. The quantitative estimate of drug-likeness (QED) is 0.100. The Labute approximate surface area is 270 Å². The minimum atomic E-state index is -0.847. The van der Waals surface area contributed by atoms with Crippen LogP contribution >= 0.6 is 0 Å². The molecule has 5 amide bonds. The van der Waals surface area contributed by atoms with Gasteiger partial charge in [0.15, 0.2) is 0 Å². The molecule has 13 nitrogen and oxygen atoms in total. The number of carbonyl (C=O) groups excluding carboxylic acids is 5. The lowest BCUT2D eigenvalue weighted by atomic mass is 9.86. The third-order valence-corrected chi connectivity index (χ3v) is 7.77. The van der Waals surface area contributed by atoms with Crippen LogP contribution in [0, 0.1) is 23.7 Å². The van der Waals surface area contributed by atoms with Crippen LogP contribution in [0.4, 0.5) is 15.3 Å². The molecule has 9 N–H and O–H groups in total. The minimum absolute atomic E-state index is 0.00335. The van der Waals surface area contributed by atoms with Gasteiger partial charge in [0.05, 0.1) is 0 Å². The van der Waals surface area contributed by atoms with Gasteiger partial charge in [-0.15, -0.1) is 0 Å². The molecule has 252 valence electrons. The van der Waals surface area contributed by atoms with Gasteiger partial charge in [-0.05, 0) is 67.0 Å². The molecule has 2 aromatic carbocycles. The van der Waals surface area contributed by atoms with Gasteiger partial charge in [-0.1, -0.05) is 52.0 Å². The number of anilines is 1. The van der Waals surface area contributed by atoms with Crippen molar-refractivity contribution < 1.29 is 33.8 Å². The number of benzene rings is 2. The smallest absolute Gasteiger partial charge is 0.426 e. The number of amides is 5. The van der Waals surface area contributed by atoms with Crippen LogP contribution in [-0.2, 0) is 32.1 Å². The van der Waals surface area contributed by atoms with E-state index in [1.165, 1.54) is 0 Å². The molecular weight excluding hydrogens is 592 g/mol. The van der Waals surface area contributed by atoms with Gasteiger partial charge in [-0.25, -0.2) is 15.0 Å². The van der Waals surface area contributed by atoms with Crippen molar-refractivity contribution in [1.29, 1.82) is 0 Å². The fraction of sp³-hybridized carbons (Fsp3) is 0.485. The Hall–Kier alpha value is -4.65. The molecule has 0 aliphatic heterocycles. The first-order valence-electron chi connectivity index (χ1n) is 15.5. The van der Waals surface area contributed by atoms with Gasteiger partial charge in [0.1, 0.15) is 18.1 Å². The number of hydrazine groups is 1. The van der Waals surface area contributed by atoms with Crippen LogP contribution in [0.25, 0.3) is 0 Å². The molecule has 0 aliphatic carbocycles. The van der Waals surface area contributed by atoms with Crippen LogP contribution in [0.5, 0.6) is 5.75 Å². The Morgan fingerprint density at radius 1 is 0.870 bits per heavy atom. The molecule has 0 unspecified atom stereocenters. The normalized spacial score (nSPS) is 13.5. The van der Waals surface area contributed by atoms with Gasteiger partial charge in [0.2, 0.25) is 11.8 Å². The van der Waals surface area contributed by atoms with Crippen LogP contribution in [-0.4, -0.2) is 47.4 Å². The Morgan fingerprint density at radius 3 is 2.11 bits per heavy atom. The van der Waals surface area contributed by atoms with Crippen LogP contribution in [0.2, 0.25) is 0 Å². The van der Waals surface area contributed by atoms with E-state index in [0.29, 0.717) is 43.5 Å². The summed E-state index contributed by atoms with van der Waals surface area (Å²) < 4.78 is 5.17. The van der Waals surface area contributed by atoms with E-state index in [1.807, 2.05) is 20.8 Å². The number of rotatable bonds is 17. The highest BCUT2D eigenvalue weighted by atomic mass is 16.6. The first-order valence-corrected chi connectivity index (χ1v) is 15.5. The number of nitrogens with two attached hydrogens (primary N) is 2. The van der Waals surface area contributed by atoms with E-state index in [9.17, 15) is 29.1 Å². The molecule has 0 spiro atoms. The van der Waals surface area contributed by atoms with Crippen molar-refractivity contribution >= 4 is 35.4 Å². The lowest BCUT2D eigenvalue weighted by Gasteiger charge is -2.20. The Bertz CT molecular complexity index is 1300. The number of urea groups is 1. The lowest BCUT2D eigenvalue weighted by molar-refractivity contribution is -0.129. The second kappa shape index (κ2) is 19.0. The molecule has 0 fully saturated rings. The number of ketones is 1. The Balaban J connectivity index is 1.80. The summed E-state index contributed by atoms with van der Waals surface area (Å²) in [6.07, 6.45) is 1.03. The number of hydrogen-bond donors (Lipinski definition) is 7. The number of Topliss-reactive ketones (excluding diaryl/α,β-unsaturated/α-hetero) is 1. The predicted octanol–water partition coefficient (Wildman–Crippen LogP) is 3.50. The van der Waals surface area contributed by atoms with Crippen molar-refractivity contribution in [2.75, 3.05) is 11.9 Å². The van der Waals surface area contributed by atoms with Crippen molar-refractivity contribution in [3.05, 3.63) is 59.7 Å². The fourth-order valence-electron chi connectivity index (χ4n) is 4.62. The van der Waals surface area contributed by atoms with Gasteiger partial charge < -0.3 is 31.9 Å². The molecule has 0 heterocycles. The van der Waals surface area contributed by atoms with Crippen LogP contribution in [0.1, 0.15) is 64.5 Å². The SMILES string of the molecule is CC(C)[C@H](C)C(=O)C[C@@H](CCCNC(N)=O)C(=O)Nc1ccc(COC(=O)NNC(=O)[C@@H](C)C[C@@H](N)Cc2ccc(O)cc2)cc1. The molecule has 2 rings (SSSR count). The maximum Gasteiger partial charge on any atom is 0.426 e. The van der Waals surface area contributed by atoms with Gasteiger partial charge in [-0.3, -0.25) is 19.8 Å². The van der Waals surface area contributed by atoms with E-state index in [2.05, 4.69) is 21.5 Å². The molecule has 0 aliphatic rings. The van der Waals surface area contributed by atoms with E-state index in [1.54, 1.807) is 55.5 Å². The minimum Gasteiger partial charge on any atom is -0.508 e. The zero-order valence-electron chi connectivity index (χ0n) is 27.0. The summed E-state index contributed by atoms with van der Waals surface area (Å²) in [5, 5.41) is 14.7. The van der Waals surface area contributed by atoms with Crippen molar-refractivity contribution in [2.24, 2.45) is 35.1 Å². The van der Waals surface area contributed by atoms with E-state index in [4.69, 9.17) is 16.2 Å². The van der Waals surface area contributed by atoms with Crippen LogP contribution in [0.3, 0.4) is 0 Å². The van der Waals surface area contributed by atoms with Gasteiger partial charge in [0.25, 0.3) is 0 Å². The third-order valence-electron chi connectivity index (χ3n) is 7.77. The second-order valence-electron chi connectivity index (χ2n) is 12.0. The number of primary amides is 1. The van der Waals surface area contributed by atoms with Gasteiger partial charge >= 0.3 is 12.1 Å². The highest BCUT2D eigenvalue weighted by Crippen LogP contribution is 2.21. The Kier molecular flexibility index (Phi) is 15.5. The zero-order chi connectivity index (χ0) is 34.2. The number of ether oxygens (including phenoxy) is 1. The highest BCUT2D eigenvalue weighted by molar-refractivity contribution is 5.95. The lowest BCUT2D eigenvalue weighted by Crippen LogP contribution is -2.45. The average Bonchev–Trinajstić information content (AvgIpc) is 3.01. The number of phenolic OH excluding ortho intramolecular Hbond substituents is 1. The summed E-state index contributed by atoms with van der Waals surface area (Å²) in [6.45, 7) is 7.69. The molecule has 0 saturated carbocycles. The van der Waals surface area contributed by atoms with Crippen molar-refractivity contribution in [3.63, 3.8) is 0 Å². The van der Waals surface area contributed by atoms with Gasteiger partial charge in [-0.2, -0.15) is 0 Å². The number of nitrogens with one attached hydrogen (secondary N) is 4. The summed E-state index contributed by atoms with van der Waals surface area (Å²) in [7, 11) is 0. The number of carbonyl (C=O) groups is 5. The third kappa shape index (κ3) is 14.0. The first-order chi connectivity index (χ1) is 21.7. The summed E-state index contributed by atoms with van der Waals surface area (Å²) in [6, 6.07) is 12.4. The van der Waals surface area contributed by atoms with Crippen LogP contribution < -0.4 is 33.0 Å². The monoisotopic (exact) mass is 640 g/mol. The van der Waals surface area contributed by atoms with E-state index in [0.717, 1.165) is 5.56 Å². The topological polar surface area (TPSA) is 215 Å². The Morgan fingerprint density at radius 2 is 1.50 bits per heavy atom. The molecule has 0 saturated heterocycles. The molecule has 46 heavy (non-hydrogen) atoms. The summed E-state index contributed by atoms with van der Waals surface area (Å²) in [4.78, 5) is 61.3. The van der Waals surface area contributed by atoms with Crippen molar-refractivity contribution in [3.8, 4) is 5.75 Å².